The summed E-state index contributed by atoms with van der Waals surface area (Å²) >= 11 is 0. The molecule has 158 valence electrons. The summed E-state index contributed by atoms with van der Waals surface area (Å²) in [7, 11) is 1.17. The van der Waals surface area contributed by atoms with Crippen LogP contribution in [-0.4, -0.2) is 43.7 Å². The quantitative estimate of drug-likeness (QED) is 0.414. The Labute approximate surface area is 171 Å². The van der Waals surface area contributed by atoms with Crippen LogP contribution in [-0.2, 0) is 9.53 Å². The van der Waals surface area contributed by atoms with Crippen molar-refractivity contribution in [1.82, 2.24) is 5.32 Å². The largest absolute Gasteiger partial charge is 0.486 e. The van der Waals surface area contributed by atoms with Crippen LogP contribution in [0.3, 0.4) is 0 Å². The maximum Gasteiger partial charge on any atom is 0.338 e. The Hall–Kier alpha value is -3.82. The summed E-state index contributed by atoms with van der Waals surface area (Å²) in [5.41, 5.74) is 0.375. The first-order chi connectivity index (χ1) is 14.4. The number of nitro groups is 1. The fourth-order valence-electron chi connectivity index (χ4n) is 2.87. The zero-order valence-electron chi connectivity index (χ0n) is 16.4. The number of ether oxygens (including phenoxy) is 4. The first kappa shape index (κ1) is 20.9. The molecular weight excluding hydrogens is 396 g/mol. The number of benzene rings is 2. The molecule has 0 bridgehead atoms. The normalized spacial score (nSPS) is 13.1. The molecule has 1 heterocycles. The topological polar surface area (TPSA) is 126 Å². The van der Waals surface area contributed by atoms with Gasteiger partial charge < -0.3 is 24.3 Å². The molecule has 0 spiro atoms. The van der Waals surface area contributed by atoms with E-state index in [1.807, 2.05) is 6.07 Å². The molecule has 1 amide bonds. The molecule has 0 radical (unpaired) electrons. The fourth-order valence-corrected chi connectivity index (χ4v) is 2.87. The highest BCUT2D eigenvalue weighted by Crippen LogP contribution is 2.32. The van der Waals surface area contributed by atoms with Gasteiger partial charge in [-0.15, -0.1) is 0 Å². The minimum absolute atomic E-state index is 0.00762. The van der Waals surface area contributed by atoms with Crippen molar-refractivity contribution in [3.63, 3.8) is 0 Å². The maximum absolute atomic E-state index is 12.3. The molecule has 1 N–H and O–H groups in total. The van der Waals surface area contributed by atoms with E-state index in [9.17, 15) is 19.7 Å². The predicted molar refractivity (Wildman–Crippen MR) is 104 cm³/mol. The Morgan fingerprint density at radius 2 is 1.90 bits per heavy atom. The lowest BCUT2D eigenvalue weighted by Gasteiger charge is -2.21. The van der Waals surface area contributed by atoms with Gasteiger partial charge in [0, 0.05) is 6.07 Å². The van der Waals surface area contributed by atoms with E-state index in [0.29, 0.717) is 24.7 Å². The van der Waals surface area contributed by atoms with Gasteiger partial charge in [-0.05, 0) is 36.8 Å². The van der Waals surface area contributed by atoms with E-state index in [4.69, 9.17) is 14.2 Å². The molecule has 1 aliphatic heterocycles. The minimum Gasteiger partial charge on any atom is -0.486 e. The summed E-state index contributed by atoms with van der Waals surface area (Å²) in [5.74, 6) is -0.0545. The van der Waals surface area contributed by atoms with Crippen LogP contribution in [0, 0.1) is 10.1 Å². The monoisotopic (exact) mass is 416 g/mol. The highest BCUT2D eigenvalue weighted by atomic mass is 16.6. The van der Waals surface area contributed by atoms with Crippen LogP contribution in [0.5, 0.6) is 17.2 Å². The lowest BCUT2D eigenvalue weighted by Crippen LogP contribution is -2.31. The van der Waals surface area contributed by atoms with Crippen LogP contribution in [0.25, 0.3) is 0 Å². The summed E-state index contributed by atoms with van der Waals surface area (Å²) in [4.78, 5) is 34.4. The molecule has 3 rings (SSSR count). The second-order valence-corrected chi connectivity index (χ2v) is 6.41. The third-order valence-corrected chi connectivity index (χ3v) is 4.38. The van der Waals surface area contributed by atoms with Gasteiger partial charge in [-0.1, -0.05) is 6.07 Å². The molecule has 1 unspecified atom stereocenters. The van der Waals surface area contributed by atoms with Crippen LogP contribution in [0.4, 0.5) is 5.69 Å². The van der Waals surface area contributed by atoms with Crippen LogP contribution in [0.15, 0.2) is 36.4 Å². The molecule has 10 heteroatoms. The van der Waals surface area contributed by atoms with E-state index >= 15 is 0 Å². The Balaban J connectivity index is 1.63. The van der Waals surface area contributed by atoms with E-state index < -0.39 is 29.1 Å². The van der Waals surface area contributed by atoms with E-state index in [1.165, 1.54) is 19.2 Å². The number of fused-ring (bicyclic) bond motifs is 1. The summed E-state index contributed by atoms with van der Waals surface area (Å²) in [6, 6.07) is 8.64. The summed E-state index contributed by atoms with van der Waals surface area (Å²) < 4.78 is 20.9. The highest BCUT2D eigenvalue weighted by Gasteiger charge is 2.21. The van der Waals surface area contributed by atoms with Crippen LogP contribution >= 0.6 is 0 Å². The Morgan fingerprint density at radius 1 is 1.17 bits per heavy atom. The molecule has 10 nitrogen and oxygen atoms in total. The van der Waals surface area contributed by atoms with Crippen molar-refractivity contribution in [3.05, 3.63) is 57.6 Å². The lowest BCUT2D eigenvalue weighted by atomic mass is 10.1. The standard InChI is InChI=1S/C20H20N2O8/c1-12(13-3-6-17-18(10-13)29-8-7-28-17)21-19(23)11-30-16-5-4-14(20(24)27-2)9-15(16)22(25)26/h3-6,9-10,12H,7-8,11H2,1-2H3,(H,21,23). The van der Waals surface area contributed by atoms with Crippen molar-refractivity contribution < 1.29 is 33.5 Å². The molecule has 0 fully saturated rings. The number of rotatable bonds is 7. The Bertz CT molecular complexity index is 975. The molecule has 1 aliphatic rings. The van der Waals surface area contributed by atoms with Gasteiger partial charge in [0.25, 0.3) is 5.91 Å². The van der Waals surface area contributed by atoms with Gasteiger partial charge in [0.15, 0.2) is 23.9 Å². The smallest absolute Gasteiger partial charge is 0.338 e. The number of nitrogens with zero attached hydrogens (tertiary/aromatic N) is 1. The zero-order valence-corrected chi connectivity index (χ0v) is 16.4. The van der Waals surface area contributed by atoms with E-state index in [-0.39, 0.29) is 17.4 Å². The zero-order chi connectivity index (χ0) is 21.7. The summed E-state index contributed by atoms with van der Waals surface area (Å²) in [6.07, 6.45) is 0. The van der Waals surface area contributed by atoms with Crippen molar-refractivity contribution in [2.75, 3.05) is 26.9 Å². The number of carbonyl (C=O) groups excluding carboxylic acids is 2. The number of amides is 1. The Morgan fingerprint density at radius 3 is 2.60 bits per heavy atom. The van der Waals surface area contributed by atoms with Crippen molar-refractivity contribution in [2.45, 2.75) is 13.0 Å². The molecule has 2 aromatic carbocycles. The average molecular weight is 416 g/mol. The molecule has 0 aromatic heterocycles. The first-order valence-electron chi connectivity index (χ1n) is 9.07. The number of methoxy groups -OCH3 is 1. The maximum atomic E-state index is 12.3. The summed E-state index contributed by atoms with van der Waals surface area (Å²) in [5, 5.41) is 14.0. The van der Waals surface area contributed by atoms with Crippen molar-refractivity contribution in [2.24, 2.45) is 0 Å². The minimum atomic E-state index is -0.712. The van der Waals surface area contributed by atoms with E-state index in [0.717, 1.165) is 11.6 Å². The number of nitrogens with one attached hydrogen (secondary N) is 1. The van der Waals surface area contributed by atoms with Gasteiger partial charge >= 0.3 is 11.7 Å². The molecule has 30 heavy (non-hydrogen) atoms. The Kier molecular flexibility index (Phi) is 6.35. The van der Waals surface area contributed by atoms with Gasteiger partial charge in [0.05, 0.1) is 23.6 Å². The van der Waals surface area contributed by atoms with Crippen LogP contribution < -0.4 is 19.5 Å². The highest BCUT2D eigenvalue weighted by molar-refractivity contribution is 5.90. The number of carbonyl (C=O) groups is 2. The fraction of sp³-hybridized carbons (Fsp3) is 0.300. The number of hydrogen-bond donors (Lipinski definition) is 1. The van der Waals surface area contributed by atoms with E-state index in [1.54, 1.807) is 19.1 Å². The second kappa shape index (κ2) is 9.12. The molecule has 0 saturated carbocycles. The van der Waals surface area contributed by atoms with Gasteiger partial charge in [-0.3, -0.25) is 14.9 Å². The second-order valence-electron chi connectivity index (χ2n) is 6.41. The predicted octanol–water partition coefficient (Wildman–Crippen LogP) is 2.41. The van der Waals surface area contributed by atoms with Gasteiger partial charge in [-0.2, -0.15) is 0 Å². The van der Waals surface area contributed by atoms with Crippen molar-refractivity contribution in [3.8, 4) is 17.2 Å². The van der Waals surface area contributed by atoms with Gasteiger partial charge in [-0.25, -0.2) is 4.79 Å². The number of esters is 1. The molecule has 0 aliphatic carbocycles. The van der Waals surface area contributed by atoms with Crippen LogP contribution in [0.1, 0.15) is 28.9 Å². The van der Waals surface area contributed by atoms with E-state index in [2.05, 4.69) is 10.1 Å². The molecule has 0 saturated heterocycles. The van der Waals surface area contributed by atoms with Gasteiger partial charge in [0.2, 0.25) is 0 Å². The third-order valence-electron chi connectivity index (χ3n) is 4.38. The van der Waals surface area contributed by atoms with Crippen LogP contribution in [0.2, 0.25) is 0 Å². The van der Waals surface area contributed by atoms with Crippen molar-refractivity contribution in [1.29, 1.82) is 0 Å². The number of nitro benzene ring substituents is 1. The number of hydrogen-bond acceptors (Lipinski definition) is 8. The molecular formula is C20H20N2O8. The SMILES string of the molecule is COC(=O)c1ccc(OCC(=O)NC(C)c2ccc3c(c2)OCCO3)c([N+](=O)[O-])c1. The lowest BCUT2D eigenvalue weighted by molar-refractivity contribution is -0.385. The molecule has 2 aromatic rings. The molecule has 1 atom stereocenters. The van der Waals surface area contributed by atoms with Crippen molar-refractivity contribution >= 4 is 17.6 Å². The third kappa shape index (κ3) is 4.77. The first-order valence-corrected chi connectivity index (χ1v) is 9.07. The summed E-state index contributed by atoms with van der Waals surface area (Å²) in [6.45, 7) is 2.30. The van der Waals surface area contributed by atoms with Gasteiger partial charge in [0.1, 0.15) is 13.2 Å². The average Bonchev–Trinajstić information content (AvgIpc) is 2.76.